The molecule has 0 bridgehead atoms. The van der Waals surface area contributed by atoms with E-state index in [-0.39, 0.29) is 31.0 Å². The molecule has 0 aromatic heterocycles. The second-order valence-corrected chi connectivity index (χ2v) is 8.92. The fraction of sp³-hybridized carbons (Fsp3) is 0.238. The van der Waals surface area contributed by atoms with Gasteiger partial charge in [0.1, 0.15) is 11.6 Å². The monoisotopic (exact) mass is 449 g/mol. The minimum Gasteiger partial charge on any atom is -0.326 e. The normalized spacial score (nSPS) is 16.4. The Morgan fingerprint density at radius 3 is 2.42 bits per heavy atom. The summed E-state index contributed by atoms with van der Waals surface area (Å²) in [6, 6.07) is 9.06. The zero-order valence-corrected chi connectivity index (χ0v) is 17.3. The van der Waals surface area contributed by atoms with Crippen molar-refractivity contribution >= 4 is 33.2 Å². The Bertz CT molecular complexity index is 1080. The fourth-order valence-electron chi connectivity index (χ4n) is 3.21. The van der Waals surface area contributed by atoms with Crippen LogP contribution in [0.1, 0.15) is 12.0 Å². The second-order valence-electron chi connectivity index (χ2n) is 7.12. The smallest absolute Gasteiger partial charge is 0.229 e. The summed E-state index contributed by atoms with van der Waals surface area (Å²) in [5.41, 5.74) is 1.03. The topological polar surface area (TPSA) is 95.6 Å². The van der Waals surface area contributed by atoms with Gasteiger partial charge in [-0.25, -0.2) is 21.9 Å². The van der Waals surface area contributed by atoms with Crippen LogP contribution in [0, 0.1) is 17.6 Å². The van der Waals surface area contributed by atoms with Gasteiger partial charge in [-0.15, -0.1) is 6.58 Å². The lowest BCUT2D eigenvalue weighted by Gasteiger charge is -2.17. The number of benzene rings is 2. The van der Waals surface area contributed by atoms with Crippen molar-refractivity contribution in [2.75, 3.05) is 23.3 Å². The number of hydrogen-bond donors (Lipinski definition) is 2. The van der Waals surface area contributed by atoms with Gasteiger partial charge in [-0.3, -0.25) is 9.59 Å². The highest BCUT2D eigenvalue weighted by atomic mass is 32.2. The number of carbonyl (C=O) groups excluding carboxylic acids is 2. The maximum atomic E-state index is 13.4. The quantitative estimate of drug-likeness (QED) is 0.606. The summed E-state index contributed by atoms with van der Waals surface area (Å²) in [6.07, 6.45) is 1.35. The summed E-state index contributed by atoms with van der Waals surface area (Å²) in [6.45, 7) is 3.59. The maximum absolute atomic E-state index is 13.4. The molecule has 0 radical (unpaired) electrons. The molecular formula is C21H21F2N3O4S. The number of halogens is 2. The van der Waals surface area contributed by atoms with E-state index in [4.69, 9.17) is 0 Å². The zero-order valence-electron chi connectivity index (χ0n) is 16.5. The number of rotatable bonds is 8. The second kappa shape index (κ2) is 9.36. The van der Waals surface area contributed by atoms with Crippen LogP contribution in [-0.2, 0) is 25.4 Å². The molecule has 2 N–H and O–H groups in total. The van der Waals surface area contributed by atoms with Crippen molar-refractivity contribution < 1.29 is 26.8 Å². The van der Waals surface area contributed by atoms with Gasteiger partial charge in [-0.05, 0) is 29.8 Å². The molecule has 164 valence electrons. The first-order valence-electron chi connectivity index (χ1n) is 9.41. The molecule has 31 heavy (non-hydrogen) atoms. The molecule has 3 rings (SSSR count). The number of carbonyl (C=O) groups is 2. The first-order chi connectivity index (χ1) is 14.7. The predicted molar refractivity (Wildman–Crippen MR) is 113 cm³/mol. The third kappa shape index (κ3) is 5.96. The highest BCUT2D eigenvalue weighted by Crippen LogP contribution is 2.27. The third-order valence-corrected chi connectivity index (χ3v) is 6.00. The molecule has 1 saturated heterocycles. The molecule has 0 saturated carbocycles. The van der Waals surface area contributed by atoms with E-state index in [1.54, 1.807) is 24.3 Å². The predicted octanol–water partition coefficient (Wildman–Crippen LogP) is 2.56. The third-order valence-electron chi connectivity index (χ3n) is 4.68. The molecule has 0 aliphatic carbocycles. The van der Waals surface area contributed by atoms with E-state index in [9.17, 15) is 26.8 Å². The van der Waals surface area contributed by atoms with E-state index in [0.717, 1.165) is 12.1 Å². The molecule has 2 aromatic carbocycles. The number of hydrogen-bond acceptors (Lipinski definition) is 4. The van der Waals surface area contributed by atoms with Gasteiger partial charge in [0.15, 0.2) is 0 Å². The van der Waals surface area contributed by atoms with E-state index >= 15 is 0 Å². The van der Waals surface area contributed by atoms with Crippen molar-refractivity contribution in [2.45, 2.75) is 12.2 Å². The average Bonchev–Trinajstić information content (AvgIpc) is 3.09. The molecule has 0 spiro atoms. The Kier molecular flexibility index (Phi) is 6.81. The Morgan fingerprint density at radius 1 is 1.16 bits per heavy atom. The number of nitrogens with one attached hydrogen (secondary N) is 2. The SMILES string of the molecule is C=CCNS(=O)(=O)Cc1ccc(NC(=O)C2CC(=O)N(c3cc(F)cc(F)c3)C2)cc1. The standard InChI is InChI=1S/C21H21F2N3O4S/c1-2-7-24-31(29,30)13-14-3-5-18(6-4-14)25-21(28)15-8-20(27)26(12-15)19-10-16(22)9-17(23)11-19/h2-6,9-11,15,24H,1,7-8,12-13H2,(H,25,28). The molecule has 10 heteroatoms. The van der Waals surface area contributed by atoms with Gasteiger partial charge in [0.25, 0.3) is 0 Å². The van der Waals surface area contributed by atoms with Crippen LogP contribution in [0.15, 0.2) is 55.1 Å². The summed E-state index contributed by atoms with van der Waals surface area (Å²) in [5, 5.41) is 2.68. The maximum Gasteiger partial charge on any atom is 0.229 e. The van der Waals surface area contributed by atoms with Crippen molar-refractivity contribution in [2.24, 2.45) is 5.92 Å². The molecule has 1 atom stereocenters. The minimum absolute atomic E-state index is 0.00113. The number of nitrogens with zero attached hydrogens (tertiary/aromatic N) is 1. The molecule has 1 unspecified atom stereocenters. The summed E-state index contributed by atoms with van der Waals surface area (Å²) in [4.78, 5) is 26.0. The zero-order chi connectivity index (χ0) is 22.6. The first kappa shape index (κ1) is 22.6. The molecule has 7 nitrogen and oxygen atoms in total. The summed E-state index contributed by atoms with van der Waals surface area (Å²) in [7, 11) is -3.50. The molecular weight excluding hydrogens is 428 g/mol. The lowest BCUT2D eigenvalue weighted by molar-refractivity contribution is -0.122. The summed E-state index contributed by atoms with van der Waals surface area (Å²) in [5.74, 6) is -3.35. The van der Waals surface area contributed by atoms with E-state index in [1.165, 1.54) is 11.0 Å². The van der Waals surface area contributed by atoms with E-state index in [0.29, 0.717) is 17.3 Å². The fourth-order valence-corrected chi connectivity index (χ4v) is 4.32. The van der Waals surface area contributed by atoms with Crippen molar-refractivity contribution in [1.29, 1.82) is 0 Å². The van der Waals surface area contributed by atoms with Crippen LogP contribution >= 0.6 is 0 Å². The van der Waals surface area contributed by atoms with Gasteiger partial charge < -0.3 is 10.2 Å². The van der Waals surface area contributed by atoms with Gasteiger partial charge in [-0.1, -0.05) is 18.2 Å². The van der Waals surface area contributed by atoms with Crippen molar-refractivity contribution in [1.82, 2.24) is 4.72 Å². The van der Waals surface area contributed by atoms with Crippen LogP contribution in [0.2, 0.25) is 0 Å². The van der Waals surface area contributed by atoms with Gasteiger partial charge in [0.2, 0.25) is 21.8 Å². The Balaban J connectivity index is 1.61. The largest absolute Gasteiger partial charge is 0.326 e. The Morgan fingerprint density at radius 2 is 1.81 bits per heavy atom. The number of anilines is 2. The van der Waals surface area contributed by atoms with E-state index in [2.05, 4.69) is 16.6 Å². The molecule has 2 amide bonds. The lowest BCUT2D eigenvalue weighted by atomic mass is 10.1. The van der Waals surface area contributed by atoms with Crippen molar-refractivity contribution in [3.63, 3.8) is 0 Å². The van der Waals surface area contributed by atoms with E-state index < -0.39 is 39.4 Å². The van der Waals surface area contributed by atoms with Crippen LogP contribution in [0.25, 0.3) is 0 Å². The Labute approximate surface area is 178 Å². The molecule has 1 aliphatic rings. The molecule has 1 fully saturated rings. The lowest BCUT2D eigenvalue weighted by Crippen LogP contribution is -2.28. The van der Waals surface area contributed by atoms with Gasteiger partial charge in [0.05, 0.1) is 11.7 Å². The van der Waals surface area contributed by atoms with Crippen LogP contribution in [0.4, 0.5) is 20.2 Å². The van der Waals surface area contributed by atoms with Crippen LogP contribution in [0.3, 0.4) is 0 Å². The molecule has 2 aromatic rings. The molecule has 1 aliphatic heterocycles. The van der Waals surface area contributed by atoms with Gasteiger partial charge >= 0.3 is 0 Å². The van der Waals surface area contributed by atoms with Crippen LogP contribution in [0.5, 0.6) is 0 Å². The van der Waals surface area contributed by atoms with Crippen molar-refractivity contribution in [3.8, 4) is 0 Å². The van der Waals surface area contributed by atoms with Gasteiger partial charge in [-0.2, -0.15) is 0 Å². The van der Waals surface area contributed by atoms with Crippen LogP contribution < -0.4 is 14.9 Å². The number of amides is 2. The van der Waals surface area contributed by atoms with Gasteiger partial charge in [0, 0.05) is 37.0 Å². The first-order valence-corrected chi connectivity index (χ1v) is 11.1. The van der Waals surface area contributed by atoms with Crippen molar-refractivity contribution in [3.05, 3.63) is 72.3 Å². The van der Waals surface area contributed by atoms with E-state index in [1.807, 2.05) is 0 Å². The summed E-state index contributed by atoms with van der Waals surface area (Å²) >= 11 is 0. The number of sulfonamides is 1. The highest BCUT2D eigenvalue weighted by Gasteiger charge is 2.35. The van der Waals surface area contributed by atoms with Crippen LogP contribution in [-0.4, -0.2) is 33.3 Å². The average molecular weight is 449 g/mol. The Hall–Kier alpha value is -3.11. The highest BCUT2D eigenvalue weighted by molar-refractivity contribution is 7.88. The summed E-state index contributed by atoms with van der Waals surface area (Å²) < 4.78 is 53.1. The molecule has 1 heterocycles. The minimum atomic E-state index is -3.50.